The zero-order valence-electron chi connectivity index (χ0n) is 7.93. The van der Waals surface area contributed by atoms with E-state index in [0.29, 0.717) is 11.6 Å². The summed E-state index contributed by atoms with van der Waals surface area (Å²) in [4.78, 5) is 11.7. The van der Waals surface area contributed by atoms with Crippen LogP contribution in [0, 0.1) is 0 Å². The maximum Gasteiger partial charge on any atom is 0.251 e. The summed E-state index contributed by atoms with van der Waals surface area (Å²) in [6.07, 6.45) is 2.07. The van der Waals surface area contributed by atoms with Crippen LogP contribution in [-0.2, 0) is 11.1 Å². The van der Waals surface area contributed by atoms with Gasteiger partial charge in [0.05, 0.1) is 0 Å². The number of nitrogens with one attached hydrogen (secondary N) is 1. The lowest BCUT2D eigenvalue weighted by Crippen LogP contribution is -2.25. The van der Waals surface area contributed by atoms with Crippen LogP contribution in [0.15, 0.2) is 29.2 Å². The van der Waals surface area contributed by atoms with Crippen LogP contribution in [0.1, 0.15) is 23.2 Å². The maximum atomic E-state index is 11.5. The van der Waals surface area contributed by atoms with Gasteiger partial charge in [-0.05, 0) is 48.2 Å². The van der Waals surface area contributed by atoms with Crippen LogP contribution in [0.25, 0.3) is 0 Å². The summed E-state index contributed by atoms with van der Waals surface area (Å²) in [6, 6.07) is 6.19. The minimum Gasteiger partial charge on any atom is -0.768 e. The van der Waals surface area contributed by atoms with Gasteiger partial charge >= 0.3 is 0 Å². The summed E-state index contributed by atoms with van der Waals surface area (Å²) in [6.45, 7) is 0. The number of hydrogen-bond donors (Lipinski definition) is 1. The molecule has 0 heterocycles. The highest BCUT2D eigenvalue weighted by molar-refractivity contribution is 7.79. The van der Waals surface area contributed by atoms with Gasteiger partial charge in [-0.2, -0.15) is 0 Å². The highest BCUT2D eigenvalue weighted by Crippen LogP contribution is 2.19. The normalized spacial score (nSPS) is 17.1. The van der Waals surface area contributed by atoms with E-state index in [9.17, 15) is 13.6 Å². The van der Waals surface area contributed by atoms with Crippen molar-refractivity contribution in [2.24, 2.45) is 0 Å². The first-order valence-corrected chi connectivity index (χ1v) is 5.74. The third kappa shape index (κ3) is 2.64. The van der Waals surface area contributed by atoms with Crippen molar-refractivity contribution in [3.63, 3.8) is 0 Å². The molecule has 1 atom stereocenters. The van der Waals surface area contributed by atoms with Crippen LogP contribution in [-0.4, -0.2) is 20.7 Å². The molecule has 1 aliphatic carbocycles. The topological polar surface area (TPSA) is 69.2 Å². The van der Waals surface area contributed by atoms with Crippen LogP contribution >= 0.6 is 0 Å². The molecule has 1 aliphatic rings. The molecule has 0 aliphatic heterocycles. The Bertz CT molecular complexity index is 398. The first kappa shape index (κ1) is 10.3. The summed E-state index contributed by atoms with van der Waals surface area (Å²) in [5.74, 6) is -0.138. The van der Waals surface area contributed by atoms with Gasteiger partial charge in [0.2, 0.25) is 0 Å². The van der Waals surface area contributed by atoms with Gasteiger partial charge in [0.25, 0.3) is 5.91 Å². The summed E-state index contributed by atoms with van der Waals surface area (Å²) >= 11 is -2.23. The van der Waals surface area contributed by atoms with E-state index >= 15 is 0 Å². The van der Waals surface area contributed by atoms with Crippen molar-refractivity contribution >= 4 is 17.0 Å². The van der Waals surface area contributed by atoms with E-state index in [1.54, 1.807) is 0 Å². The molecule has 5 heteroatoms. The van der Waals surface area contributed by atoms with Gasteiger partial charge in [-0.3, -0.25) is 9.00 Å². The average molecular weight is 224 g/mol. The first-order chi connectivity index (χ1) is 7.16. The van der Waals surface area contributed by atoms with Crippen molar-refractivity contribution in [1.29, 1.82) is 0 Å². The van der Waals surface area contributed by atoms with Crippen LogP contribution in [0.4, 0.5) is 0 Å². The summed E-state index contributed by atoms with van der Waals surface area (Å²) < 4.78 is 21.1. The van der Waals surface area contributed by atoms with E-state index in [2.05, 4.69) is 5.32 Å². The van der Waals surface area contributed by atoms with Crippen LogP contribution in [0.2, 0.25) is 0 Å². The van der Waals surface area contributed by atoms with Gasteiger partial charge in [0.15, 0.2) is 0 Å². The van der Waals surface area contributed by atoms with Crippen LogP contribution < -0.4 is 5.32 Å². The molecule has 1 unspecified atom stereocenters. The Balaban J connectivity index is 2.08. The molecule has 2 rings (SSSR count). The molecule has 0 saturated heterocycles. The molecule has 4 nitrogen and oxygen atoms in total. The lowest BCUT2D eigenvalue weighted by molar-refractivity contribution is 0.0951. The molecule has 1 aromatic carbocycles. The van der Waals surface area contributed by atoms with Crippen molar-refractivity contribution in [3.8, 4) is 0 Å². The smallest absolute Gasteiger partial charge is 0.251 e. The number of rotatable bonds is 3. The molecule has 1 fully saturated rings. The molecule has 0 radical (unpaired) electrons. The fraction of sp³-hybridized carbons (Fsp3) is 0.300. The number of carbonyl (C=O) groups excluding carboxylic acids is 1. The molecule has 0 spiro atoms. The van der Waals surface area contributed by atoms with Gasteiger partial charge in [-0.1, -0.05) is 0 Å². The number of hydrogen-bond acceptors (Lipinski definition) is 3. The number of amides is 1. The predicted octanol–water partition coefficient (Wildman–Crippen LogP) is 0.817. The lowest BCUT2D eigenvalue weighted by Gasteiger charge is -2.06. The molecule has 0 aromatic heterocycles. The Hall–Kier alpha value is -1.20. The Morgan fingerprint density at radius 3 is 2.40 bits per heavy atom. The van der Waals surface area contributed by atoms with Crippen molar-refractivity contribution in [2.75, 3.05) is 0 Å². The fourth-order valence-electron chi connectivity index (χ4n) is 1.21. The van der Waals surface area contributed by atoms with Gasteiger partial charge in [-0.25, -0.2) is 0 Å². The third-order valence-corrected chi connectivity index (χ3v) is 2.88. The van der Waals surface area contributed by atoms with Crippen molar-refractivity contribution < 1.29 is 13.6 Å². The van der Waals surface area contributed by atoms with Gasteiger partial charge in [0, 0.05) is 16.5 Å². The number of carbonyl (C=O) groups is 1. The standard InChI is InChI=1S/C10H11NO3S/c12-10(11-8-3-4-8)7-1-5-9(6-2-7)15(13)14/h1-2,5-6,8H,3-4H2,(H,11,12)(H,13,14)/p-1. The molecule has 1 aromatic rings. The zero-order chi connectivity index (χ0) is 10.8. The van der Waals surface area contributed by atoms with Gasteiger partial charge in [0.1, 0.15) is 0 Å². The Kier molecular flexibility index (Phi) is 2.83. The average Bonchev–Trinajstić information content (AvgIpc) is 3.02. The molecular weight excluding hydrogens is 214 g/mol. The van der Waals surface area contributed by atoms with Crippen molar-refractivity contribution in [2.45, 2.75) is 23.8 Å². The molecule has 1 N–H and O–H groups in total. The minimum atomic E-state index is -2.23. The molecule has 80 valence electrons. The molecule has 15 heavy (non-hydrogen) atoms. The van der Waals surface area contributed by atoms with Gasteiger partial charge in [-0.15, -0.1) is 0 Å². The SMILES string of the molecule is O=C(NC1CC1)c1ccc(S(=O)[O-])cc1. The summed E-state index contributed by atoms with van der Waals surface area (Å²) in [5, 5.41) is 2.83. The Morgan fingerprint density at radius 2 is 1.93 bits per heavy atom. The fourth-order valence-corrected chi connectivity index (χ4v) is 1.57. The van der Waals surface area contributed by atoms with Crippen molar-refractivity contribution in [3.05, 3.63) is 29.8 Å². The third-order valence-electron chi connectivity index (χ3n) is 2.22. The second-order valence-electron chi connectivity index (χ2n) is 3.51. The predicted molar refractivity (Wildman–Crippen MR) is 54.1 cm³/mol. The second-order valence-corrected chi connectivity index (χ2v) is 4.45. The molecule has 1 amide bonds. The second kappa shape index (κ2) is 4.12. The van der Waals surface area contributed by atoms with E-state index in [1.165, 1.54) is 24.3 Å². The first-order valence-electron chi connectivity index (χ1n) is 4.67. The highest BCUT2D eigenvalue weighted by Gasteiger charge is 2.23. The van der Waals surface area contributed by atoms with E-state index in [1.807, 2.05) is 0 Å². The van der Waals surface area contributed by atoms with Crippen molar-refractivity contribution in [1.82, 2.24) is 5.32 Å². The summed E-state index contributed by atoms with van der Waals surface area (Å²) in [5.41, 5.74) is 0.496. The van der Waals surface area contributed by atoms with E-state index in [4.69, 9.17) is 0 Å². The minimum absolute atomic E-state index is 0.138. The van der Waals surface area contributed by atoms with E-state index in [0.717, 1.165) is 12.8 Å². The molecule has 0 bridgehead atoms. The Labute approximate surface area is 90.0 Å². The number of benzene rings is 1. The highest BCUT2D eigenvalue weighted by atomic mass is 32.2. The largest absolute Gasteiger partial charge is 0.768 e. The Morgan fingerprint density at radius 1 is 1.33 bits per heavy atom. The summed E-state index contributed by atoms with van der Waals surface area (Å²) in [7, 11) is 0. The molecular formula is C10H10NO3S-. The van der Waals surface area contributed by atoms with Crippen LogP contribution in [0.5, 0.6) is 0 Å². The van der Waals surface area contributed by atoms with E-state index in [-0.39, 0.29) is 10.8 Å². The van der Waals surface area contributed by atoms with E-state index < -0.39 is 11.1 Å². The maximum absolute atomic E-state index is 11.5. The van der Waals surface area contributed by atoms with Crippen LogP contribution in [0.3, 0.4) is 0 Å². The quantitative estimate of drug-likeness (QED) is 0.773. The zero-order valence-corrected chi connectivity index (χ0v) is 8.75. The lowest BCUT2D eigenvalue weighted by atomic mass is 10.2. The molecule has 1 saturated carbocycles. The van der Waals surface area contributed by atoms with Gasteiger partial charge < -0.3 is 9.87 Å². The monoisotopic (exact) mass is 224 g/mol.